The largest absolute Gasteiger partial charge is 0.425 e. The standard InChI is InChI=1S/C20H20O3/c1-12(21)14-11-10-13-6-2-3-7-15(13)19(14)23-20(22)18-16-8-4-5-9-17(16)18/h2-3,6-7,10-11,16-18H,4-5,8-9H2,1H3. The minimum atomic E-state index is -0.152. The van der Waals surface area contributed by atoms with Crippen molar-refractivity contribution in [2.24, 2.45) is 17.8 Å². The highest BCUT2D eigenvalue weighted by Gasteiger charge is 2.56. The molecule has 0 spiro atoms. The van der Waals surface area contributed by atoms with Crippen LogP contribution in [0.3, 0.4) is 0 Å². The molecule has 0 N–H and O–H groups in total. The molecule has 3 heteroatoms. The van der Waals surface area contributed by atoms with E-state index in [2.05, 4.69) is 0 Å². The van der Waals surface area contributed by atoms with Crippen LogP contribution in [0.1, 0.15) is 43.0 Å². The summed E-state index contributed by atoms with van der Waals surface area (Å²) in [7, 11) is 0. The lowest BCUT2D eigenvalue weighted by Gasteiger charge is -2.11. The summed E-state index contributed by atoms with van der Waals surface area (Å²) in [5, 5.41) is 1.81. The fraction of sp³-hybridized carbons (Fsp3) is 0.400. The number of ketones is 1. The van der Waals surface area contributed by atoms with E-state index in [9.17, 15) is 9.59 Å². The molecule has 2 fully saturated rings. The first-order valence-electron chi connectivity index (χ1n) is 8.41. The van der Waals surface area contributed by atoms with E-state index in [4.69, 9.17) is 4.74 Å². The van der Waals surface area contributed by atoms with Crippen molar-refractivity contribution in [1.29, 1.82) is 0 Å². The third kappa shape index (κ3) is 2.44. The number of benzene rings is 2. The molecule has 0 amide bonds. The van der Waals surface area contributed by atoms with Crippen molar-refractivity contribution in [3.63, 3.8) is 0 Å². The number of Topliss-reactive ketones (excluding diaryl/α,β-unsaturated/α-hetero) is 1. The summed E-state index contributed by atoms with van der Waals surface area (Å²) in [6, 6.07) is 11.4. The van der Waals surface area contributed by atoms with E-state index in [-0.39, 0.29) is 17.7 Å². The zero-order chi connectivity index (χ0) is 16.0. The Labute approximate surface area is 135 Å². The lowest BCUT2D eigenvalue weighted by atomic mass is 10.0. The van der Waals surface area contributed by atoms with E-state index in [1.807, 2.05) is 30.3 Å². The van der Waals surface area contributed by atoms with E-state index in [0.717, 1.165) is 23.6 Å². The van der Waals surface area contributed by atoms with Crippen molar-refractivity contribution in [2.45, 2.75) is 32.6 Å². The summed E-state index contributed by atoms with van der Waals surface area (Å²) in [6.45, 7) is 1.51. The topological polar surface area (TPSA) is 43.4 Å². The Morgan fingerprint density at radius 1 is 1.00 bits per heavy atom. The SMILES string of the molecule is CC(=O)c1ccc2ccccc2c1OC(=O)C1C2CCCCC21. The fourth-order valence-electron chi connectivity index (χ4n) is 4.14. The number of rotatable bonds is 3. The van der Waals surface area contributed by atoms with Crippen molar-refractivity contribution >= 4 is 22.5 Å². The molecule has 2 saturated carbocycles. The number of ether oxygens (including phenoxy) is 1. The van der Waals surface area contributed by atoms with Gasteiger partial charge in [0.1, 0.15) is 5.75 Å². The summed E-state index contributed by atoms with van der Waals surface area (Å²) in [5.41, 5.74) is 0.487. The molecule has 2 unspecified atom stereocenters. The molecule has 23 heavy (non-hydrogen) atoms. The van der Waals surface area contributed by atoms with Gasteiger partial charge in [-0.1, -0.05) is 43.2 Å². The number of hydrogen-bond acceptors (Lipinski definition) is 3. The molecule has 0 aliphatic heterocycles. The molecule has 0 saturated heterocycles. The van der Waals surface area contributed by atoms with Crippen LogP contribution >= 0.6 is 0 Å². The molecule has 2 aromatic carbocycles. The van der Waals surface area contributed by atoms with Gasteiger partial charge in [-0.25, -0.2) is 0 Å². The number of fused-ring (bicyclic) bond motifs is 2. The van der Waals surface area contributed by atoms with Crippen LogP contribution in [-0.2, 0) is 4.79 Å². The van der Waals surface area contributed by atoms with E-state index in [0.29, 0.717) is 23.1 Å². The minimum absolute atomic E-state index is 0.0382. The van der Waals surface area contributed by atoms with Crippen LogP contribution in [-0.4, -0.2) is 11.8 Å². The first-order valence-corrected chi connectivity index (χ1v) is 8.41. The Balaban J connectivity index is 1.69. The molecule has 2 atom stereocenters. The van der Waals surface area contributed by atoms with Gasteiger partial charge in [0, 0.05) is 5.39 Å². The van der Waals surface area contributed by atoms with Gasteiger partial charge in [-0.2, -0.15) is 0 Å². The van der Waals surface area contributed by atoms with Crippen molar-refractivity contribution in [1.82, 2.24) is 0 Å². The van der Waals surface area contributed by atoms with Gasteiger partial charge in [0.25, 0.3) is 0 Å². The molecule has 118 valence electrons. The number of carbonyl (C=O) groups is 2. The van der Waals surface area contributed by atoms with Crippen LogP contribution in [0.4, 0.5) is 0 Å². The normalized spacial score (nSPS) is 25.7. The molecule has 0 heterocycles. The number of esters is 1. The molecule has 4 rings (SSSR count). The second-order valence-electron chi connectivity index (χ2n) is 6.78. The zero-order valence-corrected chi connectivity index (χ0v) is 13.2. The van der Waals surface area contributed by atoms with Crippen molar-refractivity contribution < 1.29 is 14.3 Å². The van der Waals surface area contributed by atoms with Crippen molar-refractivity contribution in [3.05, 3.63) is 42.0 Å². The second kappa shape index (κ2) is 5.48. The number of hydrogen-bond donors (Lipinski definition) is 0. The Morgan fingerprint density at radius 2 is 1.70 bits per heavy atom. The maximum atomic E-state index is 12.6. The molecular weight excluding hydrogens is 288 g/mol. The van der Waals surface area contributed by atoms with Crippen molar-refractivity contribution in [2.75, 3.05) is 0 Å². The van der Waals surface area contributed by atoms with Gasteiger partial charge in [-0.05, 0) is 43.1 Å². The average molecular weight is 308 g/mol. The summed E-state index contributed by atoms with van der Waals surface area (Å²) >= 11 is 0. The highest BCUT2D eigenvalue weighted by Crippen LogP contribution is 2.56. The average Bonchev–Trinajstić information content (AvgIpc) is 3.29. The van der Waals surface area contributed by atoms with Crippen LogP contribution in [0.2, 0.25) is 0 Å². The predicted octanol–water partition coefficient (Wildman–Crippen LogP) is 4.38. The van der Waals surface area contributed by atoms with E-state index >= 15 is 0 Å². The Hall–Kier alpha value is -2.16. The first kappa shape index (κ1) is 14.4. The van der Waals surface area contributed by atoms with Crippen LogP contribution in [0.5, 0.6) is 5.75 Å². The molecular formula is C20H20O3. The van der Waals surface area contributed by atoms with Gasteiger partial charge in [0.2, 0.25) is 0 Å². The molecule has 3 nitrogen and oxygen atoms in total. The third-order valence-corrected chi connectivity index (χ3v) is 5.39. The van der Waals surface area contributed by atoms with E-state index in [1.165, 1.54) is 19.8 Å². The maximum absolute atomic E-state index is 12.6. The zero-order valence-electron chi connectivity index (χ0n) is 13.2. The van der Waals surface area contributed by atoms with E-state index < -0.39 is 0 Å². The monoisotopic (exact) mass is 308 g/mol. The van der Waals surface area contributed by atoms with Gasteiger partial charge in [-0.3, -0.25) is 9.59 Å². The quantitative estimate of drug-likeness (QED) is 0.480. The van der Waals surface area contributed by atoms with Crippen LogP contribution in [0.15, 0.2) is 36.4 Å². The Bertz CT molecular complexity index is 781. The molecule has 0 radical (unpaired) electrons. The van der Waals surface area contributed by atoms with Crippen molar-refractivity contribution in [3.8, 4) is 5.75 Å². The molecule has 0 aromatic heterocycles. The highest BCUT2D eigenvalue weighted by molar-refractivity contribution is 6.05. The smallest absolute Gasteiger partial charge is 0.314 e. The van der Waals surface area contributed by atoms with E-state index in [1.54, 1.807) is 6.07 Å². The van der Waals surface area contributed by atoms with Gasteiger partial charge in [0.15, 0.2) is 5.78 Å². The lowest BCUT2D eigenvalue weighted by molar-refractivity contribution is -0.136. The summed E-state index contributed by atoms with van der Waals surface area (Å²) < 4.78 is 5.78. The fourth-order valence-corrected chi connectivity index (χ4v) is 4.14. The van der Waals surface area contributed by atoms with Crippen LogP contribution < -0.4 is 4.74 Å². The third-order valence-electron chi connectivity index (χ3n) is 5.39. The Kier molecular flexibility index (Phi) is 3.44. The Morgan fingerprint density at radius 3 is 2.39 bits per heavy atom. The van der Waals surface area contributed by atoms with Gasteiger partial charge < -0.3 is 4.74 Å². The van der Waals surface area contributed by atoms with Gasteiger partial charge >= 0.3 is 5.97 Å². The first-order chi connectivity index (χ1) is 11.2. The summed E-state index contributed by atoms with van der Waals surface area (Å²) in [4.78, 5) is 24.6. The molecule has 2 aliphatic carbocycles. The van der Waals surface area contributed by atoms with Crippen LogP contribution in [0, 0.1) is 17.8 Å². The molecule has 2 aliphatic rings. The highest BCUT2D eigenvalue weighted by atomic mass is 16.5. The predicted molar refractivity (Wildman–Crippen MR) is 88.5 cm³/mol. The minimum Gasteiger partial charge on any atom is -0.425 e. The molecule has 0 bridgehead atoms. The second-order valence-corrected chi connectivity index (χ2v) is 6.78. The van der Waals surface area contributed by atoms with Gasteiger partial charge in [0.05, 0.1) is 11.5 Å². The van der Waals surface area contributed by atoms with Gasteiger partial charge in [-0.15, -0.1) is 0 Å². The lowest BCUT2D eigenvalue weighted by Crippen LogP contribution is -2.14. The maximum Gasteiger partial charge on any atom is 0.314 e. The van der Waals surface area contributed by atoms with Crippen LogP contribution in [0.25, 0.3) is 10.8 Å². The summed E-state index contributed by atoms with van der Waals surface area (Å²) in [5.74, 6) is 1.26. The molecule has 2 aromatic rings. The number of carbonyl (C=O) groups excluding carboxylic acids is 2. The summed E-state index contributed by atoms with van der Waals surface area (Å²) in [6.07, 6.45) is 4.72.